The van der Waals surface area contributed by atoms with Crippen molar-refractivity contribution >= 4 is 17.1 Å². The number of aryl methyl sites for hydroxylation is 1. The van der Waals surface area contributed by atoms with Crippen LogP contribution < -0.4 is 15.2 Å². The van der Waals surface area contributed by atoms with E-state index >= 15 is 0 Å². The number of carbonyl (C=O) groups is 1. The lowest BCUT2D eigenvalue weighted by atomic mass is 10.2. The van der Waals surface area contributed by atoms with Gasteiger partial charge in [0.05, 0.1) is 25.8 Å². The Morgan fingerprint density at radius 2 is 1.96 bits per heavy atom. The van der Waals surface area contributed by atoms with E-state index in [1.165, 1.54) is 7.11 Å². The fraction of sp³-hybridized carbons (Fsp3) is 0.300. The van der Waals surface area contributed by atoms with E-state index in [-0.39, 0.29) is 6.61 Å². The van der Waals surface area contributed by atoms with Crippen LogP contribution in [-0.2, 0) is 16.1 Å². The zero-order chi connectivity index (χ0) is 19.4. The van der Waals surface area contributed by atoms with Gasteiger partial charge in [-0.05, 0) is 49.2 Å². The highest BCUT2D eigenvalue weighted by atomic mass is 16.6. The van der Waals surface area contributed by atoms with Gasteiger partial charge in [0, 0.05) is 0 Å². The summed E-state index contributed by atoms with van der Waals surface area (Å²) in [5.74, 6) is 0.0241. The van der Waals surface area contributed by atoms with E-state index in [4.69, 9.17) is 18.6 Å². The average molecular weight is 371 g/mol. The lowest BCUT2D eigenvalue weighted by molar-refractivity contribution is -0.145. The maximum absolute atomic E-state index is 12.2. The van der Waals surface area contributed by atoms with Crippen molar-refractivity contribution in [3.8, 4) is 11.5 Å². The zero-order valence-corrected chi connectivity index (χ0v) is 15.5. The number of carbonyl (C=O) groups excluding carboxylic acids is 1. The minimum Gasteiger partial charge on any atom is -0.493 e. The van der Waals surface area contributed by atoms with Crippen molar-refractivity contribution < 1.29 is 23.4 Å². The first kappa shape index (κ1) is 18.6. The van der Waals surface area contributed by atoms with Crippen LogP contribution in [0.1, 0.15) is 18.1 Å². The van der Waals surface area contributed by atoms with Gasteiger partial charge in [0.1, 0.15) is 0 Å². The number of oxazole rings is 1. The number of esters is 1. The van der Waals surface area contributed by atoms with Gasteiger partial charge in [-0.2, -0.15) is 0 Å². The molecule has 3 rings (SSSR count). The second-order valence-electron chi connectivity index (χ2n) is 6.00. The number of nitrogens with zero attached hydrogens (tertiary/aromatic N) is 1. The molecule has 0 unspecified atom stereocenters. The number of ether oxygens (including phenoxy) is 3. The first-order chi connectivity index (χ1) is 13.0. The van der Waals surface area contributed by atoms with Gasteiger partial charge in [-0.1, -0.05) is 12.1 Å². The molecule has 7 nitrogen and oxygen atoms in total. The smallest absolute Gasteiger partial charge is 0.420 e. The molecule has 0 bridgehead atoms. The number of aromatic nitrogens is 1. The van der Waals surface area contributed by atoms with E-state index in [2.05, 4.69) is 0 Å². The minimum absolute atomic E-state index is 0.200. The molecule has 0 atom stereocenters. The Hall–Kier alpha value is -3.22. The van der Waals surface area contributed by atoms with Crippen molar-refractivity contribution in [1.82, 2.24) is 4.57 Å². The van der Waals surface area contributed by atoms with Crippen LogP contribution in [0.4, 0.5) is 0 Å². The van der Waals surface area contributed by atoms with Crippen LogP contribution in [-0.4, -0.2) is 30.9 Å². The molecule has 0 spiro atoms. The zero-order valence-electron chi connectivity index (χ0n) is 15.5. The first-order valence-electron chi connectivity index (χ1n) is 8.57. The largest absolute Gasteiger partial charge is 0.493 e. The van der Waals surface area contributed by atoms with Crippen molar-refractivity contribution in [3.63, 3.8) is 0 Å². The summed E-state index contributed by atoms with van der Waals surface area (Å²) in [7, 11) is 1.51. The van der Waals surface area contributed by atoms with Crippen LogP contribution in [0.25, 0.3) is 11.1 Å². The monoisotopic (exact) mass is 371 g/mol. The Kier molecular flexibility index (Phi) is 5.49. The highest BCUT2D eigenvalue weighted by Crippen LogP contribution is 2.28. The molecule has 1 aromatic heterocycles. The van der Waals surface area contributed by atoms with Crippen molar-refractivity contribution in [3.05, 3.63) is 58.1 Å². The van der Waals surface area contributed by atoms with E-state index in [9.17, 15) is 9.59 Å². The van der Waals surface area contributed by atoms with Gasteiger partial charge in [0.2, 0.25) is 0 Å². The number of rotatable bonds is 7. The summed E-state index contributed by atoms with van der Waals surface area (Å²) in [5, 5.41) is 0. The maximum atomic E-state index is 12.2. The molecular formula is C20H21NO6. The predicted molar refractivity (Wildman–Crippen MR) is 99.4 cm³/mol. The lowest BCUT2D eigenvalue weighted by Gasteiger charge is -2.12. The van der Waals surface area contributed by atoms with Gasteiger partial charge in [-0.25, -0.2) is 9.59 Å². The van der Waals surface area contributed by atoms with Crippen molar-refractivity contribution in [2.75, 3.05) is 20.3 Å². The van der Waals surface area contributed by atoms with Crippen LogP contribution in [0.2, 0.25) is 0 Å². The second kappa shape index (κ2) is 7.99. The molecule has 27 heavy (non-hydrogen) atoms. The number of hydrogen-bond acceptors (Lipinski definition) is 6. The van der Waals surface area contributed by atoms with E-state index in [1.54, 1.807) is 29.7 Å². The summed E-state index contributed by atoms with van der Waals surface area (Å²) in [6.07, 6.45) is 0. The molecule has 2 aromatic carbocycles. The molecule has 0 amide bonds. The fourth-order valence-electron chi connectivity index (χ4n) is 2.77. The third-order valence-electron chi connectivity index (χ3n) is 4.04. The molecular weight excluding hydrogens is 350 g/mol. The minimum atomic E-state index is -0.449. The van der Waals surface area contributed by atoms with Crippen LogP contribution >= 0.6 is 0 Å². The Labute approximate surface area is 156 Å². The molecule has 3 aromatic rings. The van der Waals surface area contributed by atoms with E-state index in [0.717, 1.165) is 16.6 Å². The number of benzene rings is 2. The Bertz CT molecular complexity index is 1020. The SMILES string of the molecule is CCOC(=O)COc1ccc(Cn2c(=O)oc3ccc(C)cc32)cc1OC. The Morgan fingerprint density at radius 1 is 1.15 bits per heavy atom. The van der Waals surface area contributed by atoms with Crippen LogP contribution in [0.3, 0.4) is 0 Å². The second-order valence-corrected chi connectivity index (χ2v) is 6.00. The summed E-state index contributed by atoms with van der Waals surface area (Å²) in [5.41, 5.74) is 3.16. The van der Waals surface area contributed by atoms with Gasteiger partial charge in [-0.15, -0.1) is 0 Å². The molecule has 0 aliphatic carbocycles. The maximum Gasteiger partial charge on any atom is 0.420 e. The van der Waals surface area contributed by atoms with E-state index in [1.807, 2.05) is 25.1 Å². The normalized spacial score (nSPS) is 10.8. The van der Waals surface area contributed by atoms with E-state index in [0.29, 0.717) is 30.2 Å². The van der Waals surface area contributed by atoms with Gasteiger partial charge in [0.15, 0.2) is 23.7 Å². The average Bonchev–Trinajstić information content (AvgIpc) is 2.95. The Morgan fingerprint density at radius 3 is 2.70 bits per heavy atom. The summed E-state index contributed by atoms with van der Waals surface area (Å²) >= 11 is 0. The topological polar surface area (TPSA) is 79.9 Å². The Balaban J connectivity index is 1.84. The number of methoxy groups -OCH3 is 1. The number of hydrogen-bond donors (Lipinski definition) is 0. The van der Waals surface area contributed by atoms with Crippen molar-refractivity contribution in [2.45, 2.75) is 20.4 Å². The molecule has 0 aliphatic heterocycles. The van der Waals surface area contributed by atoms with Crippen molar-refractivity contribution in [1.29, 1.82) is 0 Å². The van der Waals surface area contributed by atoms with Crippen LogP contribution in [0.15, 0.2) is 45.6 Å². The molecule has 0 radical (unpaired) electrons. The lowest BCUT2D eigenvalue weighted by Crippen LogP contribution is -2.16. The molecule has 7 heteroatoms. The summed E-state index contributed by atoms with van der Waals surface area (Å²) < 4.78 is 22.5. The molecule has 0 saturated carbocycles. The third kappa shape index (κ3) is 4.13. The molecule has 0 N–H and O–H groups in total. The van der Waals surface area contributed by atoms with Gasteiger partial charge < -0.3 is 18.6 Å². The van der Waals surface area contributed by atoms with Crippen LogP contribution in [0.5, 0.6) is 11.5 Å². The van der Waals surface area contributed by atoms with Gasteiger partial charge >= 0.3 is 11.7 Å². The van der Waals surface area contributed by atoms with Crippen LogP contribution in [0, 0.1) is 6.92 Å². The first-order valence-corrected chi connectivity index (χ1v) is 8.57. The predicted octanol–water partition coefficient (Wildman–Crippen LogP) is 2.90. The highest BCUT2D eigenvalue weighted by molar-refractivity contribution is 5.74. The van der Waals surface area contributed by atoms with Gasteiger partial charge in [0.25, 0.3) is 0 Å². The molecule has 0 aliphatic rings. The van der Waals surface area contributed by atoms with E-state index < -0.39 is 11.7 Å². The highest BCUT2D eigenvalue weighted by Gasteiger charge is 2.13. The summed E-state index contributed by atoms with van der Waals surface area (Å²) in [6.45, 7) is 4.11. The van der Waals surface area contributed by atoms with Crippen molar-refractivity contribution in [2.24, 2.45) is 0 Å². The molecule has 0 fully saturated rings. The fourth-order valence-corrected chi connectivity index (χ4v) is 2.77. The summed E-state index contributed by atoms with van der Waals surface area (Å²) in [6, 6.07) is 10.9. The molecule has 1 heterocycles. The summed E-state index contributed by atoms with van der Waals surface area (Å²) in [4.78, 5) is 23.7. The standard InChI is InChI=1S/C20H21NO6/c1-4-25-19(22)12-26-17-8-6-14(10-18(17)24-3)11-21-15-9-13(2)5-7-16(15)27-20(21)23/h5-10H,4,11-12H2,1-3H3. The van der Waals surface area contributed by atoms with Gasteiger partial charge in [-0.3, -0.25) is 4.57 Å². The number of fused-ring (bicyclic) bond motifs is 1. The molecule has 142 valence electrons. The molecule has 0 saturated heterocycles. The third-order valence-corrected chi connectivity index (χ3v) is 4.04. The quantitative estimate of drug-likeness (QED) is 0.594.